The highest BCUT2D eigenvalue weighted by molar-refractivity contribution is 5.91. The first-order valence-electron chi connectivity index (χ1n) is 7.07. The summed E-state index contributed by atoms with van der Waals surface area (Å²) in [5.41, 5.74) is 2.66. The van der Waals surface area contributed by atoms with Crippen LogP contribution in [0.3, 0.4) is 0 Å². The Hall–Kier alpha value is -2.03. The SMILES string of the molecule is Cc1ccccc1C1CC(C)N(C(=O)c2ccco2)C1. The van der Waals surface area contributed by atoms with Crippen molar-refractivity contribution in [1.82, 2.24) is 4.90 Å². The van der Waals surface area contributed by atoms with Crippen LogP contribution in [0, 0.1) is 6.92 Å². The third kappa shape index (κ3) is 2.24. The number of rotatable bonds is 2. The Morgan fingerprint density at radius 1 is 1.25 bits per heavy atom. The lowest BCUT2D eigenvalue weighted by atomic mass is 9.93. The number of amides is 1. The monoisotopic (exact) mass is 269 g/mol. The molecule has 0 radical (unpaired) electrons. The second kappa shape index (κ2) is 5.16. The van der Waals surface area contributed by atoms with Gasteiger partial charge in [0.05, 0.1) is 6.26 Å². The van der Waals surface area contributed by atoms with Crippen LogP contribution in [-0.4, -0.2) is 23.4 Å². The standard InChI is InChI=1S/C17H19NO2/c1-12-6-3-4-7-15(12)14-10-13(2)18(11-14)17(19)16-8-5-9-20-16/h3-9,13-14H,10-11H2,1-2H3. The molecule has 3 nitrogen and oxygen atoms in total. The van der Waals surface area contributed by atoms with Crippen molar-refractivity contribution in [1.29, 1.82) is 0 Å². The molecular formula is C17H19NO2. The zero-order chi connectivity index (χ0) is 14.1. The maximum atomic E-state index is 12.4. The summed E-state index contributed by atoms with van der Waals surface area (Å²) in [4.78, 5) is 14.3. The number of carbonyl (C=O) groups excluding carboxylic acids is 1. The van der Waals surface area contributed by atoms with Crippen molar-refractivity contribution in [3.05, 3.63) is 59.5 Å². The lowest BCUT2D eigenvalue weighted by Gasteiger charge is -2.20. The van der Waals surface area contributed by atoms with E-state index < -0.39 is 0 Å². The first kappa shape index (κ1) is 13.0. The van der Waals surface area contributed by atoms with Gasteiger partial charge >= 0.3 is 0 Å². The van der Waals surface area contributed by atoms with Gasteiger partial charge in [0, 0.05) is 18.5 Å². The van der Waals surface area contributed by atoms with Gasteiger partial charge in [-0.3, -0.25) is 4.79 Å². The number of carbonyl (C=O) groups is 1. The number of benzene rings is 1. The minimum atomic E-state index is -0.00131. The molecule has 1 fully saturated rings. The molecule has 1 aliphatic rings. The molecule has 0 bridgehead atoms. The van der Waals surface area contributed by atoms with Crippen LogP contribution in [-0.2, 0) is 0 Å². The molecule has 2 heterocycles. The summed E-state index contributed by atoms with van der Waals surface area (Å²) in [7, 11) is 0. The van der Waals surface area contributed by atoms with Crippen LogP contribution in [0.15, 0.2) is 47.1 Å². The molecule has 0 spiro atoms. The van der Waals surface area contributed by atoms with Gasteiger partial charge in [0.15, 0.2) is 5.76 Å². The Kier molecular flexibility index (Phi) is 3.35. The van der Waals surface area contributed by atoms with E-state index in [0.717, 1.165) is 13.0 Å². The summed E-state index contributed by atoms with van der Waals surface area (Å²) in [5.74, 6) is 0.853. The zero-order valence-electron chi connectivity index (χ0n) is 11.9. The van der Waals surface area contributed by atoms with Gasteiger partial charge in [0.2, 0.25) is 0 Å². The fraction of sp³-hybridized carbons (Fsp3) is 0.353. The highest BCUT2D eigenvalue weighted by Gasteiger charge is 2.34. The predicted octanol–water partition coefficient (Wildman–Crippen LogP) is 3.61. The van der Waals surface area contributed by atoms with E-state index in [1.165, 1.54) is 11.1 Å². The maximum absolute atomic E-state index is 12.4. The zero-order valence-corrected chi connectivity index (χ0v) is 11.9. The van der Waals surface area contributed by atoms with Crippen LogP contribution < -0.4 is 0 Å². The average molecular weight is 269 g/mol. The number of hydrogen-bond donors (Lipinski definition) is 0. The summed E-state index contributed by atoms with van der Waals surface area (Å²) in [5, 5.41) is 0. The normalized spacial score (nSPS) is 22.2. The van der Waals surface area contributed by atoms with E-state index in [1.807, 2.05) is 4.90 Å². The van der Waals surface area contributed by atoms with Crippen molar-refractivity contribution in [3.8, 4) is 0 Å². The molecule has 20 heavy (non-hydrogen) atoms. The predicted molar refractivity (Wildman–Crippen MR) is 77.7 cm³/mol. The molecule has 2 atom stereocenters. The molecule has 0 N–H and O–H groups in total. The van der Waals surface area contributed by atoms with Crippen LogP contribution >= 0.6 is 0 Å². The van der Waals surface area contributed by atoms with Crippen molar-refractivity contribution in [2.45, 2.75) is 32.2 Å². The molecular weight excluding hydrogens is 250 g/mol. The van der Waals surface area contributed by atoms with E-state index in [0.29, 0.717) is 11.7 Å². The van der Waals surface area contributed by atoms with E-state index in [2.05, 4.69) is 38.1 Å². The van der Waals surface area contributed by atoms with Crippen LogP contribution in [0.25, 0.3) is 0 Å². The van der Waals surface area contributed by atoms with Crippen LogP contribution in [0.2, 0.25) is 0 Å². The van der Waals surface area contributed by atoms with Crippen LogP contribution in [0.5, 0.6) is 0 Å². The van der Waals surface area contributed by atoms with Gasteiger partial charge in [0.1, 0.15) is 0 Å². The van der Waals surface area contributed by atoms with Gasteiger partial charge in [-0.1, -0.05) is 24.3 Å². The summed E-state index contributed by atoms with van der Waals surface area (Å²) >= 11 is 0. The van der Waals surface area contributed by atoms with Crippen molar-refractivity contribution in [3.63, 3.8) is 0 Å². The van der Waals surface area contributed by atoms with Gasteiger partial charge < -0.3 is 9.32 Å². The number of aryl methyl sites for hydroxylation is 1. The van der Waals surface area contributed by atoms with E-state index in [4.69, 9.17) is 4.42 Å². The first-order chi connectivity index (χ1) is 9.66. The topological polar surface area (TPSA) is 33.5 Å². The Morgan fingerprint density at radius 3 is 2.75 bits per heavy atom. The summed E-state index contributed by atoms with van der Waals surface area (Å²) < 4.78 is 5.23. The first-order valence-corrected chi connectivity index (χ1v) is 7.07. The van der Waals surface area contributed by atoms with E-state index in [-0.39, 0.29) is 11.9 Å². The van der Waals surface area contributed by atoms with Crippen molar-refractivity contribution < 1.29 is 9.21 Å². The second-order valence-corrected chi connectivity index (χ2v) is 5.57. The van der Waals surface area contributed by atoms with Crippen molar-refractivity contribution >= 4 is 5.91 Å². The second-order valence-electron chi connectivity index (χ2n) is 5.57. The Morgan fingerprint density at radius 2 is 2.05 bits per heavy atom. The molecule has 104 valence electrons. The van der Waals surface area contributed by atoms with Gasteiger partial charge in [-0.25, -0.2) is 0 Å². The van der Waals surface area contributed by atoms with Crippen molar-refractivity contribution in [2.24, 2.45) is 0 Å². The van der Waals surface area contributed by atoms with E-state index in [1.54, 1.807) is 18.4 Å². The minimum absolute atomic E-state index is 0.00131. The van der Waals surface area contributed by atoms with Gasteiger partial charge in [-0.15, -0.1) is 0 Å². The average Bonchev–Trinajstić information content (AvgIpc) is 3.08. The van der Waals surface area contributed by atoms with E-state index in [9.17, 15) is 4.79 Å². The Bertz CT molecular complexity index is 603. The molecule has 2 unspecified atom stereocenters. The number of likely N-dealkylation sites (tertiary alicyclic amines) is 1. The third-order valence-electron chi connectivity index (χ3n) is 4.20. The largest absolute Gasteiger partial charge is 0.459 e. The fourth-order valence-electron chi connectivity index (χ4n) is 3.13. The molecule has 1 aromatic carbocycles. The van der Waals surface area contributed by atoms with Gasteiger partial charge in [0.25, 0.3) is 5.91 Å². The third-order valence-corrected chi connectivity index (χ3v) is 4.20. The number of hydrogen-bond acceptors (Lipinski definition) is 2. The number of furan rings is 1. The highest BCUT2D eigenvalue weighted by atomic mass is 16.3. The molecule has 1 saturated heterocycles. The molecule has 0 aliphatic carbocycles. The smallest absolute Gasteiger partial charge is 0.289 e. The molecule has 3 rings (SSSR count). The van der Waals surface area contributed by atoms with Gasteiger partial charge in [-0.2, -0.15) is 0 Å². The molecule has 1 aliphatic heterocycles. The fourth-order valence-corrected chi connectivity index (χ4v) is 3.13. The molecule has 0 saturated carbocycles. The lowest BCUT2D eigenvalue weighted by molar-refractivity contribution is 0.0713. The summed E-state index contributed by atoms with van der Waals surface area (Å²) in [6.45, 7) is 5.02. The quantitative estimate of drug-likeness (QED) is 0.834. The minimum Gasteiger partial charge on any atom is -0.459 e. The summed E-state index contributed by atoms with van der Waals surface area (Å²) in [6, 6.07) is 12.2. The Labute approximate surface area is 119 Å². The van der Waals surface area contributed by atoms with Crippen molar-refractivity contribution in [2.75, 3.05) is 6.54 Å². The summed E-state index contributed by atoms with van der Waals surface area (Å²) in [6.07, 6.45) is 2.56. The highest BCUT2D eigenvalue weighted by Crippen LogP contribution is 2.34. The maximum Gasteiger partial charge on any atom is 0.289 e. The van der Waals surface area contributed by atoms with E-state index >= 15 is 0 Å². The number of nitrogens with zero attached hydrogens (tertiary/aromatic N) is 1. The lowest BCUT2D eigenvalue weighted by Crippen LogP contribution is -2.33. The Balaban J connectivity index is 1.81. The molecule has 3 heteroatoms. The molecule has 1 amide bonds. The molecule has 1 aromatic heterocycles. The van der Waals surface area contributed by atoms with Gasteiger partial charge in [-0.05, 0) is 43.5 Å². The molecule has 2 aromatic rings. The van der Waals surface area contributed by atoms with Crippen LogP contribution in [0.4, 0.5) is 0 Å². The van der Waals surface area contributed by atoms with Crippen LogP contribution in [0.1, 0.15) is 40.9 Å².